The Hall–Kier alpha value is -5.36. The molecule has 0 radical (unpaired) electrons. The van der Waals surface area contributed by atoms with E-state index in [9.17, 15) is 9.59 Å². The lowest BCUT2D eigenvalue weighted by molar-refractivity contribution is -0.114. The Bertz CT molecular complexity index is 1870. The largest absolute Gasteiger partial charge is 0.461 e. The normalized spacial score (nSPS) is 13.1. The van der Waals surface area contributed by atoms with Crippen LogP contribution >= 0.6 is 0 Å². The summed E-state index contributed by atoms with van der Waals surface area (Å²) in [5.74, 6) is 0.238. The van der Waals surface area contributed by atoms with Crippen LogP contribution in [0.5, 0.6) is 0 Å². The molecule has 3 aromatic carbocycles. The molecular formula is C32H28F2N6O4. The number of nitrogens with one attached hydrogen (secondary N) is 3. The Morgan fingerprint density at radius 1 is 0.795 bits per heavy atom. The summed E-state index contributed by atoms with van der Waals surface area (Å²) in [6.07, 6.45) is 0. The van der Waals surface area contributed by atoms with E-state index in [2.05, 4.69) is 25.9 Å². The predicted molar refractivity (Wildman–Crippen MR) is 164 cm³/mol. The Kier molecular flexibility index (Phi) is 7.90. The van der Waals surface area contributed by atoms with Gasteiger partial charge in [-0.05, 0) is 73.7 Å². The van der Waals surface area contributed by atoms with Gasteiger partial charge in [-0.25, -0.2) is 23.5 Å². The smallest absolute Gasteiger partial charge is 0.323 e. The van der Waals surface area contributed by atoms with Crippen molar-refractivity contribution in [2.75, 3.05) is 47.2 Å². The number of hydrogen-bond donors (Lipinski definition) is 3. The third kappa shape index (κ3) is 6.20. The van der Waals surface area contributed by atoms with E-state index in [1.165, 1.54) is 25.1 Å². The molecule has 2 aromatic heterocycles. The minimum atomic E-state index is -0.654. The molecule has 12 heteroatoms. The Balaban J connectivity index is 1.29. The lowest BCUT2D eigenvalue weighted by Gasteiger charge is -2.29. The number of anilines is 4. The SMILES string of the molecule is CC(=O)Nc1ccc(NC(=O)Nc2ccc(-c3nc(N4CCOCC4)c4cc(F)c(-c5ccc(C)o5)cc4n3)c(F)c2)cc1. The number of halogens is 2. The fourth-order valence-electron chi connectivity index (χ4n) is 4.95. The molecule has 3 heterocycles. The number of furan rings is 1. The molecule has 1 aliphatic rings. The van der Waals surface area contributed by atoms with Crippen LogP contribution in [0, 0.1) is 18.6 Å². The minimum absolute atomic E-state index is 0.111. The van der Waals surface area contributed by atoms with Gasteiger partial charge in [0.05, 0.1) is 29.9 Å². The van der Waals surface area contributed by atoms with E-state index in [1.54, 1.807) is 55.5 Å². The molecule has 0 aliphatic carbocycles. The van der Waals surface area contributed by atoms with Gasteiger partial charge in [0.25, 0.3) is 0 Å². The molecule has 0 bridgehead atoms. The van der Waals surface area contributed by atoms with Gasteiger partial charge in [-0.1, -0.05) is 0 Å². The van der Waals surface area contributed by atoms with Crippen molar-refractivity contribution in [1.29, 1.82) is 0 Å². The highest BCUT2D eigenvalue weighted by molar-refractivity contribution is 6.00. The first-order valence-electron chi connectivity index (χ1n) is 13.9. The number of ether oxygens (including phenoxy) is 1. The molecule has 3 N–H and O–H groups in total. The summed E-state index contributed by atoms with van der Waals surface area (Å²) >= 11 is 0. The highest BCUT2D eigenvalue weighted by atomic mass is 19.1. The lowest BCUT2D eigenvalue weighted by atomic mass is 10.1. The van der Waals surface area contributed by atoms with Gasteiger partial charge in [0, 0.05) is 42.5 Å². The molecule has 0 saturated carbocycles. The third-order valence-electron chi connectivity index (χ3n) is 7.01. The number of aryl methyl sites for hydroxylation is 1. The summed E-state index contributed by atoms with van der Waals surface area (Å²) in [4.78, 5) is 35.0. The number of aromatic nitrogens is 2. The van der Waals surface area contributed by atoms with Crippen LogP contribution in [0.25, 0.3) is 33.6 Å². The van der Waals surface area contributed by atoms with Crippen molar-refractivity contribution in [3.8, 4) is 22.7 Å². The van der Waals surface area contributed by atoms with Gasteiger partial charge in [0.2, 0.25) is 5.91 Å². The molecule has 5 aromatic rings. The van der Waals surface area contributed by atoms with Crippen LogP contribution in [0.4, 0.5) is 36.5 Å². The summed E-state index contributed by atoms with van der Waals surface area (Å²) < 4.78 is 42.0. The lowest BCUT2D eigenvalue weighted by Crippen LogP contribution is -2.37. The van der Waals surface area contributed by atoms with Gasteiger partial charge in [0.15, 0.2) is 5.82 Å². The van der Waals surface area contributed by atoms with Gasteiger partial charge in [-0.15, -0.1) is 0 Å². The van der Waals surface area contributed by atoms with Crippen molar-refractivity contribution in [2.45, 2.75) is 13.8 Å². The molecule has 0 atom stereocenters. The van der Waals surface area contributed by atoms with Crippen LogP contribution in [0.2, 0.25) is 0 Å². The third-order valence-corrected chi connectivity index (χ3v) is 7.01. The monoisotopic (exact) mass is 598 g/mol. The van der Waals surface area contributed by atoms with Crippen molar-refractivity contribution in [3.63, 3.8) is 0 Å². The molecule has 224 valence electrons. The first-order chi connectivity index (χ1) is 21.2. The highest BCUT2D eigenvalue weighted by Crippen LogP contribution is 2.35. The first kappa shape index (κ1) is 28.7. The van der Waals surface area contributed by atoms with E-state index >= 15 is 8.78 Å². The van der Waals surface area contributed by atoms with E-state index in [1.807, 2.05) is 4.90 Å². The maximum atomic E-state index is 15.6. The van der Waals surface area contributed by atoms with Crippen molar-refractivity contribution >= 4 is 45.7 Å². The standard InChI is InChI=1S/C32H28F2N6O4/c1-18-3-10-29(44-18)24-17-28-25(16-27(24)34)31(40-11-13-43-14-12-40)39-30(38-28)23-9-8-22(15-26(23)33)37-32(42)36-21-6-4-20(5-7-21)35-19(2)41/h3-10,15-17H,11-14H2,1-2H3,(H,35,41)(H2,36,37,42). The van der Waals surface area contributed by atoms with Gasteiger partial charge in [0.1, 0.15) is 29.0 Å². The first-order valence-corrected chi connectivity index (χ1v) is 13.9. The summed E-state index contributed by atoms with van der Waals surface area (Å²) in [5.41, 5.74) is 2.05. The molecule has 3 amide bonds. The maximum absolute atomic E-state index is 15.6. The van der Waals surface area contributed by atoms with E-state index < -0.39 is 17.7 Å². The molecule has 1 fully saturated rings. The molecule has 1 aliphatic heterocycles. The van der Waals surface area contributed by atoms with Gasteiger partial charge in [-0.3, -0.25) is 4.79 Å². The number of nitrogens with zero attached hydrogens (tertiary/aromatic N) is 3. The zero-order valence-electron chi connectivity index (χ0n) is 23.9. The minimum Gasteiger partial charge on any atom is -0.461 e. The molecule has 6 rings (SSSR count). The average molecular weight is 599 g/mol. The van der Waals surface area contributed by atoms with Crippen LogP contribution in [-0.2, 0) is 9.53 Å². The number of carbonyl (C=O) groups excluding carboxylic acids is 2. The fourth-order valence-corrected chi connectivity index (χ4v) is 4.95. The Labute approximate surface area is 251 Å². The number of carbonyl (C=O) groups is 2. The topological polar surface area (TPSA) is 122 Å². The molecule has 0 spiro atoms. The summed E-state index contributed by atoms with van der Waals surface area (Å²) in [6, 6.07) is 16.6. The van der Waals surface area contributed by atoms with E-state index in [-0.39, 0.29) is 28.5 Å². The van der Waals surface area contributed by atoms with Crippen molar-refractivity contribution < 1.29 is 27.5 Å². The van der Waals surface area contributed by atoms with Crippen LogP contribution in [0.15, 0.2) is 71.1 Å². The van der Waals surface area contributed by atoms with E-state index in [4.69, 9.17) is 9.15 Å². The van der Waals surface area contributed by atoms with E-state index in [0.29, 0.717) is 65.9 Å². The number of hydrogen-bond acceptors (Lipinski definition) is 7. The van der Waals surface area contributed by atoms with Crippen LogP contribution in [0.3, 0.4) is 0 Å². The average Bonchev–Trinajstić information content (AvgIpc) is 3.43. The molecular weight excluding hydrogens is 570 g/mol. The van der Waals surface area contributed by atoms with Crippen molar-refractivity contribution in [3.05, 3.63) is 84.1 Å². The summed E-state index contributed by atoms with van der Waals surface area (Å²) in [5, 5.41) is 8.40. The number of urea groups is 1. The quantitative estimate of drug-likeness (QED) is 0.202. The second-order valence-corrected chi connectivity index (χ2v) is 10.3. The van der Waals surface area contributed by atoms with Crippen LogP contribution < -0.4 is 20.9 Å². The number of morpholine rings is 1. The second-order valence-electron chi connectivity index (χ2n) is 10.3. The van der Waals surface area contributed by atoms with E-state index in [0.717, 1.165) is 0 Å². The Morgan fingerprint density at radius 3 is 2.11 bits per heavy atom. The molecule has 1 saturated heterocycles. The van der Waals surface area contributed by atoms with Gasteiger partial charge in [-0.2, -0.15) is 0 Å². The highest BCUT2D eigenvalue weighted by Gasteiger charge is 2.22. The van der Waals surface area contributed by atoms with Crippen molar-refractivity contribution in [2.24, 2.45) is 0 Å². The molecule has 10 nitrogen and oxygen atoms in total. The summed E-state index contributed by atoms with van der Waals surface area (Å²) in [7, 11) is 0. The summed E-state index contributed by atoms with van der Waals surface area (Å²) in [6.45, 7) is 5.19. The number of amides is 3. The van der Waals surface area contributed by atoms with Gasteiger partial charge < -0.3 is 30.0 Å². The number of rotatable bonds is 6. The molecule has 44 heavy (non-hydrogen) atoms. The van der Waals surface area contributed by atoms with Crippen LogP contribution in [-0.4, -0.2) is 48.2 Å². The zero-order valence-corrected chi connectivity index (χ0v) is 23.9. The maximum Gasteiger partial charge on any atom is 0.323 e. The number of benzene rings is 3. The number of fused-ring (bicyclic) bond motifs is 1. The van der Waals surface area contributed by atoms with Crippen LogP contribution in [0.1, 0.15) is 12.7 Å². The zero-order chi connectivity index (χ0) is 30.8. The van der Waals surface area contributed by atoms with Crippen molar-refractivity contribution in [1.82, 2.24) is 9.97 Å². The predicted octanol–water partition coefficient (Wildman–Crippen LogP) is 6.58. The Morgan fingerprint density at radius 2 is 1.45 bits per heavy atom. The molecule has 0 unspecified atom stereocenters. The fraction of sp³-hybridized carbons (Fsp3) is 0.188. The second kappa shape index (κ2) is 12.1. The van der Waals surface area contributed by atoms with Gasteiger partial charge >= 0.3 is 6.03 Å².